The summed E-state index contributed by atoms with van der Waals surface area (Å²) in [5.41, 5.74) is 0. The maximum atomic E-state index is 12.4. The molecule has 0 unspecified atom stereocenters. The Morgan fingerprint density at radius 3 is 1.86 bits per heavy atom. The fourth-order valence-corrected chi connectivity index (χ4v) is 5.03. The molecule has 0 N–H and O–H groups in total. The van der Waals surface area contributed by atoms with Gasteiger partial charge in [0.2, 0.25) is 0 Å². The Morgan fingerprint density at radius 2 is 1.27 bits per heavy atom. The van der Waals surface area contributed by atoms with E-state index in [-0.39, 0.29) is 18.0 Å². The molecule has 0 aromatic heterocycles. The number of rotatable bonds is 3. The highest BCUT2D eigenvalue weighted by atomic mass is 16.5. The van der Waals surface area contributed by atoms with Crippen LogP contribution in [0, 0.1) is 23.7 Å². The van der Waals surface area contributed by atoms with Gasteiger partial charge in [-0.2, -0.15) is 0 Å². The van der Waals surface area contributed by atoms with E-state index in [4.69, 9.17) is 4.74 Å². The Morgan fingerprint density at radius 1 is 0.727 bits per heavy atom. The Hall–Kier alpha value is -0.530. The van der Waals surface area contributed by atoms with Gasteiger partial charge in [-0.3, -0.25) is 4.79 Å². The van der Waals surface area contributed by atoms with E-state index in [0.717, 1.165) is 43.4 Å². The Kier molecular flexibility index (Phi) is 5.82. The molecule has 0 atom stereocenters. The fourth-order valence-electron chi connectivity index (χ4n) is 5.03. The van der Waals surface area contributed by atoms with E-state index in [1.165, 1.54) is 57.8 Å². The summed E-state index contributed by atoms with van der Waals surface area (Å²) in [5, 5.41) is 0. The van der Waals surface area contributed by atoms with Crippen molar-refractivity contribution in [3.63, 3.8) is 0 Å². The molecule has 0 radical (unpaired) electrons. The summed E-state index contributed by atoms with van der Waals surface area (Å²) in [6.45, 7) is 2.40. The van der Waals surface area contributed by atoms with Gasteiger partial charge < -0.3 is 4.74 Å². The van der Waals surface area contributed by atoms with E-state index in [2.05, 4.69) is 6.92 Å². The van der Waals surface area contributed by atoms with Gasteiger partial charge in [-0.25, -0.2) is 0 Å². The first kappa shape index (κ1) is 16.3. The highest BCUT2D eigenvalue weighted by Crippen LogP contribution is 2.41. The lowest BCUT2D eigenvalue weighted by atomic mass is 9.69. The van der Waals surface area contributed by atoms with Crippen LogP contribution >= 0.6 is 0 Å². The number of ether oxygens (including phenoxy) is 1. The van der Waals surface area contributed by atoms with E-state index in [1.807, 2.05) is 0 Å². The predicted molar refractivity (Wildman–Crippen MR) is 89.5 cm³/mol. The van der Waals surface area contributed by atoms with Gasteiger partial charge in [-0.15, -0.1) is 0 Å². The Balaban J connectivity index is 1.40. The van der Waals surface area contributed by atoms with Crippen molar-refractivity contribution < 1.29 is 9.53 Å². The highest BCUT2D eigenvalue weighted by Gasteiger charge is 2.33. The zero-order valence-corrected chi connectivity index (χ0v) is 14.4. The summed E-state index contributed by atoms with van der Waals surface area (Å²) >= 11 is 0. The molecule has 22 heavy (non-hydrogen) atoms. The smallest absolute Gasteiger partial charge is 0.309 e. The van der Waals surface area contributed by atoms with Crippen LogP contribution in [0.2, 0.25) is 0 Å². The lowest BCUT2D eigenvalue weighted by molar-refractivity contribution is -0.157. The molecule has 0 heterocycles. The highest BCUT2D eigenvalue weighted by molar-refractivity contribution is 5.72. The molecule has 3 fully saturated rings. The Bertz CT molecular complexity index is 343. The van der Waals surface area contributed by atoms with Crippen molar-refractivity contribution in [3.05, 3.63) is 0 Å². The topological polar surface area (TPSA) is 26.3 Å². The molecule has 0 aliphatic heterocycles. The molecule has 2 nitrogen and oxygen atoms in total. The minimum atomic E-state index is 0.127. The molecule has 3 aliphatic carbocycles. The molecule has 0 saturated heterocycles. The predicted octanol–water partition coefficient (Wildman–Crippen LogP) is 5.50. The molecular weight excluding hydrogens is 272 g/mol. The van der Waals surface area contributed by atoms with Gasteiger partial charge in [0.05, 0.1) is 5.92 Å². The molecule has 0 aromatic carbocycles. The lowest BCUT2D eigenvalue weighted by Gasteiger charge is -2.37. The normalized spacial score (nSPS) is 37.7. The van der Waals surface area contributed by atoms with E-state index in [9.17, 15) is 4.79 Å². The van der Waals surface area contributed by atoms with Gasteiger partial charge in [-0.05, 0) is 82.0 Å². The summed E-state index contributed by atoms with van der Waals surface area (Å²) in [5.74, 6) is 3.12. The zero-order valence-electron chi connectivity index (χ0n) is 14.4. The molecule has 3 rings (SSSR count). The fraction of sp³-hybridized carbons (Fsp3) is 0.950. The molecule has 0 amide bonds. The maximum absolute atomic E-state index is 12.4. The second kappa shape index (κ2) is 7.84. The van der Waals surface area contributed by atoms with E-state index in [0.29, 0.717) is 0 Å². The third-order valence-electron chi connectivity index (χ3n) is 6.67. The molecule has 126 valence electrons. The standard InChI is InChI=1S/C20H34O2/c1-15-7-9-16(10-8-15)17-11-13-18(14-12-17)20(21)22-19-5-3-2-4-6-19/h15-19H,2-14H2,1H3. The summed E-state index contributed by atoms with van der Waals surface area (Å²) in [4.78, 5) is 12.4. The van der Waals surface area contributed by atoms with Gasteiger partial charge in [0.15, 0.2) is 0 Å². The summed E-state index contributed by atoms with van der Waals surface area (Å²) in [7, 11) is 0. The Labute approximate surface area is 136 Å². The van der Waals surface area contributed by atoms with Crippen molar-refractivity contribution in [3.8, 4) is 0 Å². The average molecular weight is 306 g/mol. The van der Waals surface area contributed by atoms with Gasteiger partial charge in [-0.1, -0.05) is 26.2 Å². The van der Waals surface area contributed by atoms with E-state index < -0.39 is 0 Å². The van der Waals surface area contributed by atoms with Crippen LogP contribution in [0.5, 0.6) is 0 Å². The maximum Gasteiger partial charge on any atom is 0.309 e. The van der Waals surface area contributed by atoms with Crippen LogP contribution in [0.25, 0.3) is 0 Å². The monoisotopic (exact) mass is 306 g/mol. The number of esters is 1. The van der Waals surface area contributed by atoms with Crippen LogP contribution in [0.4, 0.5) is 0 Å². The van der Waals surface area contributed by atoms with Crippen molar-refractivity contribution in [2.45, 2.75) is 96.5 Å². The van der Waals surface area contributed by atoms with Crippen LogP contribution in [-0.4, -0.2) is 12.1 Å². The summed E-state index contributed by atoms with van der Waals surface area (Å²) < 4.78 is 5.79. The SMILES string of the molecule is CC1CCC(C2CCC(C(=O)OC3CCCCC3)CC2)CC1. The average Bonchev–Trinajstić information content (AvgIpc) is 2.57. The van der Waals surface area contributed by atoms with E-state index in [1.54, 1.807) is 0 Å². The lowest BCUT2D eigenvalue weighted by Crippen LogP contribution is -2.31. The zero-order chi connectivity index (χ0) is 15.4. The first-order chi connectivity index (χ1) is 10.7. The van der Waals surface area contributed by atoms with Crippen LogP contribution in [0.15, 0.2) is 0 Å². The van der Waals surface area contributed by atoms with Crippen molar-refractivity contribution in [2.24, 2.45) is 23.7 Å². The molecule has 0 bridgehead atoms. The first-order valence-corrected chi connectivity index (χ1v) is 9.93. The van der Waals surface area contributed by atoms with Crippen LogP contribution in [0.1, 0.15) is 90.4 Å². The number of carbonyl (C=O) groups excluding carboxylic acids is 1. The van der Waals surface area contributed by atoms with Gasteiger partial charge in [0.25, 0.3) is 0 Å². The van der Waals surface area contributed by atoms with Crippen molar-refractivity contribution >= 4 is 5.97 Å². The molecular formula is C20H34O2. The second-order valence-electron chi connectivity index (χ2n) is 8.33. The third-order valence-corrected chi connectivity index (χ3v) is 6.67. The molecule has 0 spiro atoms. The second-order valence-corrected chi connectivity index (χ2v) is 8.33. The van der Waals surface area contributed by atoms with Crippen molar-refractivity contribution in [1.29, 1.82) is 0 Å². The summed E-state index contributed by atoms with van der Waals surface area (Å²) in [6, 6.07) is 0. The number of hydrogen-bond donors (Lipinski definition) is 0. The summed E-state index contributed by atoms with van der Waals surface area (Å²) in [6.07, 6.45) is 16.7. The van der Waals surface area contributed by atoms with Crippen molar-refractivity contribution in [2.75, 3.05) is 0 Å². The third kappa shape index (κ3) is 4.26. The van der Waals surface area contributed by atoms with Gasteiger partial charge in [0.1, 0.15) is 6.10 Å². The molecule has 2 heteroatoms. The largest absolute Gasteiger partial charge is 0.462 e. The van der Waals surface area contributed by atoms with E-state index >= 15 is 0 Å². The van der Waals surface area contributed by atoms with Crippen molar-refractivity contribution in [1.82, 2.24) is 0 Å². The number of carbonyl (C=O) groups is 1. The number of hydrogen-bond acceptors (Lipinski definition) is 2. The minimum absolute atomic E-state index is 0.127. The van der Waals surface area contributed by atoms with Crippen LogP contribution in [-0.2, 0) is 9.53 Å². The van der Waals surface area contributed by atoms with Gasteiger partial charge in [0, 0.05) is 0 Å². The molecule has 3 aliphatic rings. The van der Waals surface area contributed by atoms with Crippen LogP contribution < -0.4 is 0 Å². The molecule has 3 saturated carbocycles. The quantitative estimate of drug-likeness (QED) is 0.644. The first-order valence-electron chi connectivity index (χ1n) is 9.93. The van der Waals surface area contributed by atoms with Gasteiger partial charge >= 0.3 is 5.97 Å². The molecule has 0 aromatic rings. The minimum Gasteiger partial charge on any atom is -0.462 e. The van der Waals surface area contributed by atoms with Crippen LogP contribution in [0.3, 0.4) is 0 Å².